The van der Waals surface area contributed by atoms with E-state index in [-0.39, 0.29) is 5.91 Å². The van der Waals surface area contributed by atoms with Gasteiger partial charge < -0.3 is 5.32 Å². The SMILES string of the molecule is Cc1cccc(C(=O)NCCn2ncc3c2CCCC3)c1. The van der Waals surface area contributed by atoms with Crippen LogP contribution in [-0.4, -0.2) is 22.2 Å². The second kappa shape index (κ2) is 6.12. The molecule has 3 rings (SSSR count). The van der Waals surface area contributed by atoms with E-state index in [4.69, 9.17) is 0 Å². The first kappa shape index (κ1) is 13.9. The summed E-state index contributed by atoms with van der Waals surface area (Å²) in [4.78, 5) is 12.1. The Balaban J connectivity index is 1.56. The average molecular weight is 283 g/mol. The lowest BCUT2D eigenvalue weighted by molar-refractivity contribution is 0.0951. The third-order valence-corrected chi connectivity index (χ3v) is 4.03. The van der Waals surface area contributed by atoms with E-state index in [1.165, 1.54) is 24.1 Å². The predicted octanol–water partition coefficient (Wildman–Crippen LogP) is 2.50. The maximum Gasteiger partial charge on any atom is 0.251 e. The van der Waals surface area contributed by atoms with Crippen LogP contribution in [0.3, 0.4) is 0 Å². The van der Waals surface area contributed by atoms with Crippen molar-refractivity contribution in [1.82, 2.24) is 15.1 Å². The quantitative estimate of drug-likeness (QED) is 0.937. The fraction of sp³-hybridized carbons (Fsp3) is 0.412. The van der Waals surface area contributed by atoms with Crippen LogP contribution in [0.5, 0.6) is 0 Å². The number of nitrogens with zero attached hydrogens (tertiary/aromatic N) is 2. The van der Waals surface area contributed by atoms with E-state index in [9.17, 15) is 4.79 Å². The minimum Gasteiger partial charge on any atom is -0.350 e. The van der Waals surface area contributed by atoms with Gasteiger partial charge in [0.15, 0.2) is 0 Å². The highest BCUT2D eigenvalue weighted by Gasteiger charge is 2.14. The first-order chi connectivity index (χ1) is 10.2. The Kier molecular flexibility index (Phi) is 4.04. The molecule has 1 aliphatic carbocycles. The zero-order valence-electron chi connectivity index (χ0n) is 12.4. The van der Waals surface area contributed by atoms with Crippen molar-refractivity contribution in [3.05, 3.63) is 52.8 Å². The molecule has 4 nitrogen and oxygen atoms in total. The molecular weight excluding hydrogens is 262 g/mol. The molecule has 1 aromatic heterocycles. The summed E-state index contributed by atoms with van der Waals surface area (Å²) in [6.45, 7) is 3.35. The molecule has 0 bridgehead atoms. The second-order valence-corrected chi connectivity index (χ2v) is 5.67. The average Bonchev–Trinajstić information content (AvgIpc) is 2.91. The van der Waals surface area contributed by atoms with Gasteiger partial charge in [0.1, 0.15) is 0 Å². The molecule has 0 spiro atoms. The molecule has 0 unspecified atom stereocenters. The van der Waals surface area contributed by atoms with Crippen LogP contribution in [0.2, 0.25) is 0 Å². The lowest BCUT2D eigenvalue weighted by Crippen LogP contribution is -2.28. The number of fused-ring (bicyclic) bond motifs is 1. The zero-order chi connectivity index (χ0) is 14.7. The summed E-state index contributed by atoms with van der Waals surface area (Å²) in [5.74, 6) is -0.0141. The summed E-state index contributed by atoms with van der Waals surface area (Å²) in [5, 5.41) is 7.42. The lowest BCUT2D eigenvalue weighted by atomic mass is 9.98. The number of hydrogen-bond donors (Lipinski definition) is 1. The highest BCUT2D eigenvalue weighted by atomic mass is 16.1. The first-order valence-electron chi connectivity index (χ1n) is 7.62. The molecule has 1 heterocycles. The Labute approximate surface area is 125 Å². The molecule has 1 amide bonds. The standard InChI is InChI=1S/C17H21N3O/c1-13-5-4-7-14(11-13)17(21)18-9-10-20-16-8-3-2-6-15(16)12-19-20/h4-5,7,11-12H,2-3,6,8-10H2,1H3,(H,18,21). The predicted molar refractivity (Wildman–Crippen MR) is 82.4 cm³/mol. The van der Waals surface area contributed by atoms with Crippen LogP contribution in [0.15, 0.2) is 30.5 Å². The Hall–Kier alpha value is -2.10. The molecule has 0 radical (unpaired) electrons. The van der Waals surface area contributed by atoms with Gasteiger partial charge in [0.2, 0.25) is 0 Å². The van der Waals surface area contributed by atoms with Crippen LogP contribution in [0.4, 0.5) is 0 Å². The molecule has 1 N–H and O–H groups in total. The number of aromatic nitrogens is 2. The number of carbonyl (C=O) groups is 1. The van der Waals surface area contributed by atoms with Crippen LogP contribution in [-0.2, 0) is 19.4 Å². The minimum absolute atomic E-state index is 0.0141. The van der Waals surface area contributed by atoms with Gasteiger partial charge in [0, 0.05) is 17.8 Å². The van der Waals surface area contributed by atoms with Crippen LogP contribution in [0.1, 0.15) is 40.0 Å². The van der Waals surface area contributed by atoms with E-state index in [0.717, 1.165) is 30.5 Å². The Morgan fingerprint density at radius 1 is 1.33 bits per heavy atom. The van der Waals surface area contributed by atoms with E-state index < -0.39 is 0 Å². The molecule has 0 fully saturated rings. The Bertz CT molecular complexity index is 645. The fourth-order valence-electron chi connectivity index (χ4n) is 2.91. The van der Waals surface area contributed by atoms with Crippen molar-refractivity contribution >= 4 is 5.91 Å². The van der Waals surface area contributed by atoms with Crippen molar-refractivity contribution in [2.45, 2.75) is 39.2 Å². The fourth-order valence-corrected chi connectivity index (χ4v) is 2.91. The molecule has 0 atom stereocenters. The summed E-state index contributed by atoms with van der Waals surface area (Å²) in [6.07, 6.45) is 6.75. The first-order valence-corrected chi connectivity index (χ1v) is 7.62. The highest BCUT2D eigenvalue weighted by Crippen LogP contribution is 2.20. The van der Waals surface area contributed by atoms with Gasteiger partial charge in [0.05, 0.1) is 12.7 Å². The summed E-state index contributed by atoms with van der Waals surface area (Å²) in [7, 11) is 0. The summed E-state index contributed by atoms with van der Waals surface area (Å²) >= 11 is 0. The monoisotopic (exact) mass is 283 g/mol. The van der Waals surface area contributed by atoms with Gasteiger partial charge in [-0.15, -0.1) is 0 Å². The zero-order valence-corrected chi connectivity index (χ0v) is 12.4. The number of amides is 1. The van der Waals surface area contributed by atoms with E-state index in [2.05, 4.69) is 10.4 Å². The summed E-state index contributed by atoms with van der Waals surface area (Å²) < 4.78 is 2.05. The molecule has 4 heteroatoms. The molecule has 2 aromatic rings. The Morgan fingerprint density at radius 3 is 3.05 bits per heavy atom. The molecule has 0 saturated carbocycles. The molecule has 110 valence electrons. The van der Waals surface area contributed by atoms with Gasteiger partial charge in [-0.3, -0.25) is 9.48 Å². The second-order valence-electron chi connectivity index (χ2n) is 5.67. The van der Waals surface area contributed by atoms with Crippen LogP contribution >= 0.6 is 0 Å². The molecule has 0 saturated heterocycles. The summed E-state index contributed by atoms with van der Waals surface area (Å²) in [6, 6.07) is 7.66. The van der Waals surface area contributed by atoms with Crippen molar-refractivity contribution in [2.24, 2.45) is 0 Å². The number of carbonyl (C=O) groups excluding carboxylic acids is 1. The molecule has 1 aliphatic rings. The molecular formula is C17H21N3O. The number of benzene rings is 1. The third-order valence-electron chi connectivity index (χ3n) is 4.03. The number of aryl methyl sites for hydroxylation is 2. The van der Waals surface area contributed by atoms with Gasteiger partial charge >= 0.3 is 0 Å². The van der Waals surface area contributed by atoms with Crippen LogP contribution < -0.4 is 5.32 Å². The number of nitrogens with one attached hydrogen (secondary N) is 1. The van der Waals surface area contributed by atoms with Gasteiger partial charge in [-0.25, -0.2) is 0 Å². The van der Waals surface area contributed by atoms with E-state index in [1.807, 2.05) is 42.1 Å². The molecule has 0 aliphatic heterocycles. The minimum atomic E-state index is -0.0141. The molecule has 21 heavy (non-hydrogen) atoms. The number of rotatable bonds is 4. The highest BCUT2D eigenvalue weighted by molar-refractivity contribution is 5.94. The van der Waals surface area contributed by atoms with E-state index in [1.54, 1.807) is 0 Å². The van der Waals surface area contributed by atoms with Crippen LogP contribution in [0.25, 0.3) is 0 Å². The number of hydrogen-bond acceptors (Lipinski definition) is 2. The van der Waals surface area contributed by atoms with Crippen molar-refractivity contribution in [2.75, 3.05) is 6.54 Å². The van der Waals surface area contributed by atoms with Crippen molar-refractivity contribution in [3.63, 3.8) is 0 Å². The van der Waals surface area contributed by atoms with E-state index in [0.29, 0.717) is 6.54 Å². The van der Waals surface area contributed by atoms with Gasteiger partial charge in [-0.1, -0.05) is 17.7 Å². The van der Waals surface area contributed by atoms with Crippen molar-refractivity contribution in [1.29, 1.82) is 0 Å². The van der Waals surface area contributed by atoms with Gasteiger partial charge in [0.25, 0.3) is 5.91 Å². The largest absolute Gasteiger partial charge is 0.350 e. The normalized spacial score (nSPS) is 13.8. The van der Waals surface area contributed by atoms with Gasteiger partial charge in [-0.05, 0) is 50.3 Å². The van der Waals surface area contributed by atoms with Gasteiger partial charge in [-0.2, -0.15) is 5.10 Å². The summed E-state index contributed by atoms with van der Waals surface area (Å²) in [5.41, 5.74) is 4.55. The smallest absolute Gasteiger partial charge is 0.251 e. The van der Waals surface area contributed by atoms with Crippen LogP contribution in [0, 0.1) is 6.92 Å². The molecule has 1 aromatic carbocycles. The van der Waals surface area contributed by atoms with E-state index >= 15 is 0 Å². The van der Waals surface area contributed by atoms with Crippen molar-refractivity contribution < 1.29 is 4.79 Å². The lowest BCUT2D eigenvalue weighted by Gasteiger charge is -2.14. The topological polar surface area (TPSA) is 46.9 Å². The van der Waals surface area contributed by atoms with Crippen molar-refractivity contribution in [3.8, 4) is 0 Å². The Morgan fingerprint density at radius 2 is 2.19 bits per heavy atom. The maximum absolute atomic E-state index is 12.1. The maximum atomic E-state index is 12.1. The third kappa shape index (κ3) is 3.15.